The molecule has 0 spiro atoms. The molecule has 0 fully saturated rings. The summed E-state index contributed by atoms with van der Waals surface area (Å²) in [5, 5.41) is 1.60. The summed E-state index contributed by atoms with van der Waals surface area (Å²) in [5.41, 5.74) is 1.27. The van der Waals surface area contributed by atoms with Crippen LogP contribution in [0.4, 0.5) is 5.69 Å². The monoisotopic (exact) mass is 298 g/mol. The Morgan fingerprint density at radius 3 is 2.57 bits per heavy atom. The smallest absolute Gasteiger partial charge is 0.262 e. The molecular weight excluding hydrogens is 284 g/mol. The topological polar surface area (TPSA) is 59.1 Å². The van der Waals surface area contributed by atoms with Crippen molar-refractivity contribution in [1.29, 1.82) is 0 Å². The molecular formula is C16H14N2O2S. The number of pyridine rings is 1. The zero-order chi connectivity index (χ0) is 14.9. The second-order valence-electron chi connectivity index (χ2n) is 4.77. The van der Waals surface area contributed by atoms with Gasteiger partial charge in [0.05, 0.1) is 10.6 Å². The highest BCUT2D eigenvalue weighted by Crippen LogP contribution is 2.24. The van der Waals surface area contributed by atoms with Crippen molar-refractivity contribution < 1.29 is 8.42 Å². The highest BCUT2D eigenvalue weighted by atomic mass is 32.2. The molecule has 1 N–H and O–H groups in total. The van der Waals surface area contributed by atoms with E-state index in [1.54, 1.807) is 30.5 Å². The lowest BCUT2D eigenvalue weighted by Gasteiger charge is -2.10. The Bertz CT molecular complexity index is 900. The number of aromatic nitrogens is 1. The number of hydrogen-bond acceptors (Lipinski definition) is 3. The number of fused-ring (bicyclic) bond motifs is 1. The molecule has 3 aromatic rings. The van der Waals surface area contributed by atoms with Crippen LogP contribution in [0.5, 0.6) is 0 Å². The second kappa shape index (κ2) is 5.18. The number of rotatable bonds is 3. The normalized spacial score (nSPS) is 11.5. The Morgan fingerprint density at radius 1 is 1.00 bits per heavy atom. The second-order valence-corrected chi connectivity index (χ2v) is 6.42. The van der Waals surface area contributed by atoms with Crippen LogP contribution in [-0.2, 0) is 10.0 Å². The van der Waals surface area contributed by atoms with E-state index in [0.717, 1.165) is 11.1 Å². The minimum absolute atomic E-state index is 0.273. The van der Waals surface area contributed by atoms with Crippen molar-refractivity contribution in [3.05, 3.63) is 66.5 Å². The van der Waals surface area contributed by atoms with E-state index in [1.807, 2.05) is 37.3 Å². The Labute approximate surface area is 123 Å². The van der Waals surface area contributed by atoms with Gasteiger partial charge in [-0.25, -0.2) is 8.42 Å². The van der Waals surface area contributed by atoms with Crippen LogP contribution < -0.4 is 4.72 Å². The summed E-state index contributed by atoms with van der Waals surface area (Å²) < 4.78 is 27.8. The quantitative estimate of drug-likeness (QED) is 0.806. The first-order valence-corrected chi connectivity index (χ1v) is 7.98. The van der Waals surface area contributed by atoms with Crippen molar-refractivity contribution in [2.45, 2.75) is 11.8 Å². The van der Waals surface area contributed by atoms with Crippen LogP contribution in [0.3, 0.4) is 0 Å². The number of aryl methyl sites for hydroxylation is 1. The van der Waals surface area contributed by atoms with E-state index in [0.29, 0.717) is 11.1 Å². The molecule has 0 saturated heterocycles. The molecule has 21 heavy (non-hydrogen) atoms. The van der Waals surface area contributed by atoms with Gasteiger partial charge in [-0.05, 0) is 30.5 Å². The van der Waals surface area contributed by atoms with Gasteiger partial charge in [0.15, 0.2) is 0 Å². The standard InChI is InChI=1S/C16H14N2O2S/c1-12-11-14(9-10-17-12)18-21(19,20)16-8-4-6-13-5-2-3-7-15(13)16/h2-11H,1H3,(H,17,18). The van der Waals surface area contributed by atoms with Crippen LogP contribution in [-0.4, -0.2) is 13.4 Å². The van der Waals surface area contributed by atoms with Crippen molar-refractivity contribution in [2.24, 2.45) is 0 Å². The zero-order valence-corrected chi connectivity index (χ0v) is 12.3. The van der Waals surface area contributed by atoms with Crippen LogP contribution in [0.1, 0.15) is 5.69 Å². The molecule has 0 amide bonds. The Hall–Kier alpha value is -2.40. The number of benzene rings is 2. The van der Waals surface area contributed by atoms with E-state index in [9.17, 15) is 8.42 Å². The summed E-state index contributed by atoms with van der Waals surface area (Å²) in [4.78, 5) is 4.33. The van der Waals surface area contributed by atoms with Crippen LogP contribution in [0.25, 0.3) is 10.8 Å². The van der Waals surface area contributed by atoms with Gasteiger partial charge in [0.25, 0.3) is 10.0 Å². The van der Waals surface area contributed by atoms with Crippen molar-refractivity contribution >= 4 is 26.5 Å². The number of anilines is 1. The first-order valence-electron chi connectivity index (χ1n) is 6.49. The van der Waals surface area contributed by atoms with Gasteiger partial charge in [-0.3, -0.25) is 9.71 Å². The predicted octanol–water partition coefficient (Wildman–Crippen LogP) is 3.34. The van der Waals surface area contributed by atoms with Crippen molar-refractivity contribution in [2.75, 3.05) is 4.72 Å². The zero-order valence-electron chi connectivity index (χ0n) is 11.4. The molecule has 0 saturated carbocycles. The summed E-state index contributed by atoms with van der Waals surface area (Å²) in [6.07, 6.45) is 1.58. The lowest BCUT2D eigenvalue weighted by molar-refractivity contribution is 0.602. The molecule has 0 radical (unpaired) electrons. The van der Waals surface area contributed by atoms with Crippen molar-refractivity contribution in [3.63, 3.8) is 0 Å². The molecule has 0 unspecified atom stereocenters. The van der Waals surface area contributed by atoms with Crippen molar-refractivity contribution in [3.8, 4) is 0 Å². The maximum absolute atomic E-state index is 12.6. The van der Waals surface area contributed by atoms with Gasteiger partial charge in [-0.15, -0.1) is 0 Å². The molecule has 1 heterocycles. The maximum Gasteiger partial charge on any atom is 0.262 e. The third-order valence-corrected chi connectivity index (χ3v) is 4.63. The highest BCUT2D eigenvalue weighted by Gasteiger charge is 2.17. The van der Waals surface area contributed by atoms with Gasteiger partial charge in [-0.1, -0.05) is 36.4 Å². The van der Waals surface area contributed by atoms with Gasteiger partial charge >= 0.3 is 0 Å². The van der Waals surface area contributed by atoms with Gasteiger partial charge in [0.1, 0.15) is 0 Å². The average molecular weight is 298 g/mol. The molecule has 0 atom stereocenters. The fourth-order valence-electron chi connectivity index (χ4n) is 2.25. The Kier molecular flexibility index (Phi) is 3.35. The molecule has 106 valence electrons. The van der Waals surface area contributed by atoms with Gasteiger partial charge < -0.3 is 0 Å². The molecule has 0 aliphatic rings. The summed E-state index contributed by atoms with van der Waals surface area (Å²) in [5.74, 6) is 0. The Morgan fingerprint density at radius 2 is 1.76 bits per heavy atom. The Balaban J connectivity index is 2.09. The van der Waals surface area contributed by atoms with Gasteiger partial charge in [-0.2, -0.15) is 0 Å². The highest BCUT2D eigenvalue weighted by molar-refractivity contribution is 7.93. The minimum Gasteiger partial charge on any atom is -0.279 e. The third kappa shape index (κ3) is 2.73. The largest absolute Gasteiger partial charge is 0.279 e. The first-order chi connectivity index (χ1) is 10.1. The third-order valence-electron chi connectivity index (χ3n) is 3.19. The lowest BCUT2D eigenvalue weighted by Crippen LogP contribution is -2.13. The summed E-state index contributed by atoms with van der Waals surface area (Å²) in [6, 6.07) is 16.0. The average Bonchev–Trinajstić information content (AvgIpc) is 2.46. The van der Waals surface area contributed by atoms with E-state index >= 15 is 0 Å². The van der Waals surface area contributed by atoms with E-state index in [-0.39, 0.29) is 4.90 Å². The number of sulfonamides is 1. The van der Waals surface area contributed by atoms with E-state index in [4.69, 9.17) is 0 Å². The van der Waals surface area contributed by atoms with Crippen LogP contribution in [0.15, 0.2) is 65.7 Å². The molecule has 0 aliphatic heterocycles. The maximum atomic E-state index is 12.6. The lowest BCUT2D eigenvalue weighted by atomic mass is 10.1. The van der Waals surface area contributed by atoms with Crippen LogP contribution in [0, 0.1) is 6.92 Å². The molecule has 0 aliphatic carbocycles. The van der Waals surface area contributed by atoms with E-state index < -0.39 is 10.0 Å². The number of nitrogens with one attached hydrogen (secondary N) is 1. The molecule has 4 nitrogen and oxygen atoms in total. The fourth-order valence-corrected chi connectivity index (χ4v) is 3.53. The van der Waals surface area contributed by atoms with E-state index in [1.165, 1.54) is 0 Å². The molecule has 3 rings (SSSR count). The fraction of sp³-hybridized carbons (Fsp3) is 0.0625. The number of nitrogens with zero attached hydrogens (tertiary/aromatic N) is 1. The first kappa shape index (κ1) is 13.6. The van der Waals surface area contributed by atoms with Gasteiger partial charge in [0.2, 0.25) is 0 Å². The summed E-state index contributed by atoms with van der Waals surface area (Å²) in [7, 11) is -3.63. The minimum atomic E-state index is -3.63. The summed E-state index contributed by atoms with van der Waals surface area (Å²) >= 11 is 0. The van der Waals surface area contributed by atoms with Crippen LogP contribution in [0.2, 0.25) is 0 Å². The molecule has 5 heteroatoms. The van der Waals surface area contributed by atoms with Crippen molar-refractivity contribution in [1.82, 2.24) is 4.98 Å². The molecule has 0 bridgehead atoms. The van der Waals surface area contributed by atoms with E-state index in [2.05, 4.69) is 9.71 Å². The predicted molar refractivity (Wildman–Crippen MR) is 83.7 cm³/mol. The van der Waals surface area contributed by atoms with Gasteiger partial charge in [0, 0.05) is 17.3 Å². The SMILES string of the molecule is Cc1cc(NS(=O)(=O)c2cccc3ccccc23)ccn1. The number of hydrogen-bond donors (Lipinski definition) is 1. The molecule has 1 aromatic heterocycles. The summed E-state index contributed by atoms with van der Waals surface area (Å²) in [6.45, 7) is 1.82. The molecule has 2 aromatic carbocycles. The van der Waals surface area contributed by atoms with Crippen LogP contribution >= 0.6 is 0 Å².